The van der Waals surface area contributed by atoms with Crippen LogP contribution >= 0.6 is 11.6 Å². The van der Waals surface area contributed by atoms with Crippen LogP contribution in [0.5, 0.6) is 0 Å². The van der Waals surface area contributed by atoms with Gasteiger partial charge in [-0.2, -0.15) is 0 Å². The zero-order chi connectivity index (χ0) is 11.7. The van der Waals surface area contributed by atoms with Crippen molar-refractivity contribution in [2.75, 3.05) is 25.5 Å². The van der Waals surface area contributed by atoms with E-state index in [1.807, 2.05) is 19.2 Å². The minimum absolute atomic E-state index is 0.528. The second-order valence-electron chi connectivity index (χ2n) is 4.68. The highest BCUT2D eigenvalue weighted by Crippen LogP contribution is 2.41. The number of hydrogen-bond donors (Lipinski definition) is 1. The number of likely N-dealkylation sites (N-methyl/N-ethyl adjacent to an activating group) is 1. The Morgan fingerprint density at radius 1 is 1.56 bits per heavy atom. The molecular weight excluding hydrogens is 220 g/mol. The molecule has 1 aromatic carbocycles. The average molecular weight is 239 g/mol. The van der Waals surface area contributed by atoms with E-state index in [9.17, 15) is 0 Å². The fraction of sp³-hybridized carbons (Fsp3) is 0.538. The molecule has 0 spiro atoms. The molecule has 1 aliphatic rings. The lowest BCUT2D eigenvalue weighted by molar-refractivity contribution is 0.509. The first-order valence-corrected chi connectivity index (χ1v) is 6.18. The van der Waals surface area contributed by atoms with Crippen molar-refractivity contribution in [3.05, 3.63) is 28.8 Å². The van der Waals surface area contributed by atoms with Crippen LogP contribution in [-0.2, 0) is 0 Å². The lowest BCUT2D eigenvalue weighted by Gasteiger charge is -2.17. The van der Waals surface area contributed by atoms with Crippen molar-refractivity contribution in [1.82, 2.24) is 5.32 Å². The number of hydrogen-bond acceptors (Lipinski definition) is 2. The standard InChI is InChI=1S/C13H19ClN2/c1-9(15-2)7-10-8-16(3)12-6-4-5-11(14)13(10)12/h4-6,9-10,15H,7-8H2,1-3H3. The Morgan fingerprint density at radius 2 is 2.31 bits per heavy atom. The number of benzene rings is 1. The Balaban J connectivity index is 2.27. The highest BCUT2D eigenvalue weighted by atomic mass is 35.5. The van der Waals surface area contributed by atoms with E-state index < -0.39 is 0 Å². The lowest BCUT2D eigenvalue weighted by atomic mass is 9.94. The van der Waals surface area contributed by atoms with Gasteiger partial charge < -0.3 is 10.2 Å². The third-order valence-electron chi connectivity index (χ3n) is 3.47. The molecule has 0 aliphatic carbocycles. The van der Waals surface area contributed by atoms with Gasteiger partial charge in [-0.1, -0.05) is 17.7 Å². The lowest BCUT2D eigenvalue weighted by Crippen LogP contribution is -2.25. The molecule has 0 fully saturated rings. The van der Waals surface area contributed by atoms with Crippen molar-refractivity contribution in [1.29, 1.82) is 0 Å². The van der Waals surface area contributed by atoms with Gasteiger partial charge in [0.1, 0.15) is 0 Å². The number of halogens is 1. The summed E-state index contributed by atoms with van der Waals surface area (Å²) in [7, 11) is 4.15. The maximum Gasteiger partial charge on any atom is 0.0462 e. The van der Waals surface area contributed by atoms with Crippen LogP contribution in [0.15, 0.2) is 18.2 Å². The second-order valence-corrected chi connectivity index (χ2v) is 5.08. The Bertz CT molecular complexity index is 378. The summed E-state index contributed by atoms with van der Waals surface area (Å²) < 4.78 is 0. The summed E-state index contributed by atoms with van der Waals surface area (Å²) in [6, 6.07) is 6.71. The van der Waals surface area contributed by atoms with Gasteiger partial charge in [-0.15, -0.1) is 0 Å². The van der Waals surface area contributed by atoms with E-state index in [0.29, 0.717) is 12.0 Å². The Labute approximate surface area is 103 Å². The summed E-state index contributed by atoms with van der Waals surface area (Å²) in [5, 5.41) is 4.21. The van der Waals surface area contributed by atoms with E-state index in [1.165, 1.54) is 11.3 Å². The van der Waals surface area contributed by atoms with Crippen molar-refractivity contribution in [3.63, 3.8) is 0 Å². The molecule has 1 aromatic rings. The minimum atomic E-state index is 0.528. The quantitative estimate of drug-likeness (QED) is 0.871. The first-order valence-electron chi connectivity index (χ1n) is 5.80. The molecule has 1 N–H and O–H groups in total. The van der Waals surface area contributed by atoms with Gasteiger partial charge in [0.05, 0.1) is 0 Å². The van der Waals surface area contributed by atoms with Gasteiger partial charge in [0, 0.05) is 36.3 Å². The van der Waals surface area contributed by atoms with Crippen molar-refractivity contribution < 1.29 is 0 Å². The SMILES string of the molecule is CNC(C)CC1CN(C)c2cccc(Cl)c21. The third-order valence-corrected chi connectivity index (χ3v) is 3.80. The Kier molecular flexibility index (Phi) is 3.41. The second kappa shape index (κ2) is 4.64. The van der Waals surface area contributed by atoms with Crippen LogP contribution < -0.4 is 10.2 Å². The van der Waals surface area contributed by atoms with Gasteiger partial charge in [0.15, 0.2) is 0 Å². The van der Waals surface area contributed by atoms with Crippen molar-refractivity contribution in [2.24, 2.45) is 0 Å². The monoisotopic (exact) mass is 238 g/mol. The first-order chi connectivity index (χ1) is 7.63. The van der Waals surface area contributed by atoms with Crippen LogP contribution in [0.2, 0.25) is 5.02 Å². The predicted octanol–water partition coefficient (Wildman–Crippen LogP) is 2.87. The maximum absolute atomic E-state index is 6.31. The Hall–Kier alpha value is -0.730. The van der Waals surface area contributed by atoms with Gasteiger partial charge in [0.2, 0.25) is 0 Å². The number of anilines is 1. The zero-order valence-corrected chi connectivity index (χ0v) is 10.9. The molecule has 0 saturated carbocycles. The van der Waals surface area contributed by atoms with E-state index in [4.69, 9.17) is 11.6 Å². The average Bonchev–Trinajstić information content (AvgIpc) is 2.57. The third kappa shape index (κ3) is 2.04. The largest absolute Gasteiger partial charge is 0.374 e. The molecule has 0 aromatic heterocycles. The fourth-order valence-electron chi connectivity index (χ4n) is 2.52. The summed E-state index contributed by atoms with van der Waals surface area (Å²) in [6.45, 7) is 3.29. The molecule has 0 saturated heterocycles. The van der Waals surface area contributed by atoms with Crippen LogP contribution in [-0.4, -0.2) is 26.7 Å². The van der Waals surface area contributed by atoms with Gasteiger partial charge in [-0.3, -0.25) is 0 Å². The van der Waals surface area contributed by atoms with Gasteiger partial charge >= 0.3 is 0 Å². The fourth-order valence-corrected chi connectivity index (χ4v) is 2.84. The van der Waals surface area contributed by atoms with Gasteiger partial charge in [0.25, 0.3) is 0 Å². The highest BCUT2D eigenvalue weighted by Gasteiger charge is 2.29. The molecule has 0 amide bonds. The Morgan fingerprint density at radius 3 is 3.00 bits per heavy atom. The summed E-state index contributed by atoms with van der Waals surface area (Å²) >= 11 is 6.31. The molecule has 0 bridgehead atoms. The molecule has 2 atom stereocenters. The van der Waals surface area contributed by atoms with Gasteiger partial charge in [-0.05, 0) is 38.1 Å². The van der Waals surface area contributed by atoms with E-state index in [-0.39, 0.29) is 0 Å². The summed E-state index contributed by atoms with van der Waals surface area (Å²) in [5.41, 5.74) is 2.62. The summed E-state index contributed by atoms with van der Waals surface area (Å²) in [5.74, 6) is 0.552. The first kappa shape index (κ1) is 11.7. The number of nitrogens with one attached hydrogen (secondary N) is 1. The molecule has 3 heteroatoms. The molecule has 2 rings (SSSR count). The molecule has 2 unspecified atom stereocenters. The number of rotatable bonds is 3. The topological polar surface area (TPSA) is 15.3 Å². The zero-order valence-electron chi connectivity index (χ0n) is 10.1. The summed E-state index contributed by atoms with van der Waals surface area (Å²) in [6.07, 6.45) is 1.14. The normalized spacial score (nSPS) is 21.0. The number of nitrogens with zero attached hydrogens (tertiary/aromatic N) is 1. The predicted molar refractivity (Wildman–Crippen MR) is 70.6 cm³/mol. The molecule has 88 valence electrons. The minimum Gasteiger partial charge on any atom is -0.374 e. The van der Waals surface area contributed by atoms with Gasteiger partial charge in [-0.25, -0.2) is 0 Å². The maximum atomic E-state index is 6.31. The number of fused-ring (bicyclic) bond motifs is 1. The van der Waals surface area contributed by atoms with Crippen LogP contribution in [0.1, 0.15) is 24.8 Å². The van der Waals surface area contributed by atoms with Crippen molar-refractivity contribution in [2.45, 2.75) is 25.3 Å². The van der Waals surface area contributed by atoms with Crippen LogP contribution in [0.4, 0.5) is 5.69 Å². The van der Waals surface area contributed by atoms with E-state index in [2.05, 4.69) is 30.3 Å². The molecule has 2 nitrogen and oxygen atoms in total. The van der Waals surface area contributed by atoms with Crippen LogP contribution in [0.3, 0.4) is 0 Å². The van der Waals surface area contributed by atoms with Crippen LogP contribution in [0.25, 0.3) is 0 Å². The molecule has 1 aliphatic heterocycles. The van der Waals surface area contributed by atoms with E-state index in [0.717, 1.165) is 18.0 Å². The molecule has 0 radical (unpaired) electrons. The smallest absolute Gasteiger partial charge is 0.0462 e. The molecule has 1 heterocycles. The van der Waals surface area contributed by atoms with Crippen molar-refractivity contribution in [3.8, 4) is 0 Å². The highest BCUT2D eigenvalue weighted by molar-refractivity contribution is 6.32. The van der Waals surface area contributed by atoms with E-state index >= 15 is 0 Å². The molecule has 16 heavy (non-hydrogen) atoms. The molecular formula is C13H19ClN2. The van der Waals surface area contributed by atoms with E-state index in [1.54, 1.807) is 0 Å². The van der Waals surface area contributed by atoms with Crippen LogP contribution in [0, 0.1) is 0 Å². The van der Waals surface area contributed by atoms with Crippen molar-refractivity contribution >= 4 is 17.3 Å². The summed E-state index contributed by atoms with van der Waals surface area (Å²) in [4.78, 5) is 2.30.